The van der Waals surface area contributed by atoms with Crippen LogP contribution in [0.3, 0.4) is 0 Å². The molecule has 3 nitrogen and oxygen atoms in total. The van der Waals surface area contributed by atoms with E-state index in [1.165, 1.54) is 11.6 Å². The van der Waals surface area contributed by atoms with Gasteiger partial charge in [0.2, 0.25) is 0 Å². The maximum atomic E-state index is 13.1. The van der Waals surface area contributed by atoms with E-state index in [0.717, 1.165) is 44.1 Å². The molecule has 1 saturated heterocycles. The Bertz CT molecular complexity index is 594. The summed E-state index contributed by atoms with van der Waals surface area (Å²) in [7, 11) is 0. The van der Waals surface area contributed by atoms with Crippen LogP contribution < -0.4 is 5.32 Å². The molecule has 0 bridgehead atoms. The summed E-state index contributed by atoms with van der Waals surface area (Å²) in [6.07, 6.45) is 0. The van der Waals surface area contributed by atoms with E-state index in [1.807, 2.05) is 6.07 Å². The molecule has 1 aliphatic heterocycles. The van der Waals surface area contributed by atoms with Crippen LogP contribution in [-0.4, -0.2) is 31.2 Å². The number of hydrogen-bond acceptors (Lipinski definition) is 3. The first kappa shape index (κ1) is 15.0. The minimum absolute atomic E-state index is 0.194. The van der Waals surface area contributed by atoms with Crippen molar-refractivity contribution in [3.8, 4) is 0 Å². The standard InChI is InChI=1S/C18H21FN2O/c19-17-3-1-2-16(12-17)13-20-18-6-4-15(5-7-18)14-21-8-10-22-11-9-21/h1-7,12,20H,8-11,13-14H2. The van der Waals surface area contributed by atoms with Gasteiger partial charge in [-0.25, -0.2) is 4.39 Å². The second-order valence-corrected chi connectivity index (χ2v) is 5.57. The van der Waals surface area contributed by atoms with Gasteiger partial charge >= 0.3 is 0 Å². The highest BCUT2D eigenvalue weighted by molar-refractivity contribution is 5.45. The zero-order chi connectivity index (χ0) is 15.2. The predicted octanol–water partition coefficient (Wildman–Crippen LogP) is 3.27. The predicted molar refractivity (Wildman–Crippen MR) is 86.3 cm³/mol. The first-order chi connectivity index (χ1) is 10.8. The summed E-state index contributed by atoms with van der Waals surface area (Å²) in [6, 6.07) is 15.1. The number of benzene rings is 2. The molecule has 0 atom stereocenters. The molecule has 0 saturated carbocycles. The Balaban J connectivity index is 1.52. The zero-order valence-electron chi connectivity index (χ0n) is 12.6. The van der Waals surface area contributed by atoms with Crippen LogP contribution in [0.5, 0.6) is 0 Å². The monoisotopic (exact) mass is 300 g/mol. The van der Waals surface area contributed by atoms with Crippen molar-refractivity contribution in [2.45, 2.75) is 13.1 Å². The van der Waals surface area contributed by atoms with Crippen molar-refractivity contribution in [1.82, 2.24) is 4.90 Å². The summed E-state index contributed by atoms with van der Waals surface area (Å²) in [5.74, 6) is -0.194. The third-order valence-corrected chi connectivity index (χ3v) is 3.85. The second-order valence-electron chi connectivity index (χ2n) is 5.57. The van der Waals surface area contributed by atoms with Crippen LogP contribution in [0.1, 0.15) is 11.1 Å². The van der Waals surface area contributed by atoms with Crippen molar-refractivity contribution in [2.75, 3.05) is 31.6 Å². The summed E-state index contributed by atoms with van der Waals surface area (Å²) in [5.41, 5.74) is 3.30. The Morgan fingerprint density at radius 3 is 2.50 bits per heavy atom. The average Bonchev–Trinajstić information content (AvgIpc) is 2.55. The fourth-order valence-electron chi connectivity index (χ4n) is 2.60. The van der Waals surface area contributed by atoms with E-state index in [9.17, 15) is 4.39 Å². The summed E-state index contributed by atoms with van der Waals surface area (Å²) < 4.78 is 18.5. The van der Waals surface area contributed by atoms with Gasteiger partial charge in [-0.2, -0.15) is 0 Å². The SMILES string of the molecule is Fc1cccc(CNc2ccc(CN3CCOCC3)cc2)c1. The minimum Gasteiger partial charge on any atom is -0.381 e. The highest BCUT2D eigenvalue weighted by Gasteiger charge is 2.10. The molecule has 2 aromatic rings. The second kappa shape index (κ2) is 7.38. The summed E-state index contributed by atoms with van der Waals surface area (Å²) >= 11 is 0. The lowest BCUT2D eigenvalue weighted by molar-refractivity contribution is 0.0342. The van der Waals surface area contributed by atoms with Gasteiger partial charge in [0.05, 0.1) is 13.2 Å². The number of morpholine rings is 1. The molecule has 0 aromatic heterocycles. The fourth-order valence-corrected chi connectivity index (χ4v) is 2.60. The van der Waals surface area contributed by atoms with Gasteiger partial charge in [-0.1, -0.05) is 24.3 Å². The van der Waals surface area contributed by atoms with E-state index in [0.29, 0.717) is 6.54 Å². The number of nitrogens with zero attached hydrogens (tertiary/aromatic N) is 1. The van der Waals surface area contributed by atoms with Gasteiger partial charge in [-0.15, -0.1) is 0 Å². The molecule has 1 N–H and O–H groups in total. The summed E-state index contributed by atoms with van der Waals surface area (Å²) in [4.78, 5) is 2.40. The van der Waals surface area contributed by atoms with Gasteiger partial charge < -0.3 is 10.1 Å². The summed E-state index contributed by atoms with van der Waals surface area (Å²) in [6.45, 7) is 5.24. The topological polar surface area (TPSA) is 24.5 Å². The zero-order valence-corrected chi connectivity index (χ0v) is 12.6. The molecule has 116 valence electrons. The smallest absolute Gasteiger partial charge is 0.123 e. The average molecular weight is 300 g/mol. The van der Waals surface area contributed by atoms with Gasteiger partial charge in [-0.3, -0.25) is 4.90 Å². The molecule has 2 aromatic carbocycles. The molecule has 4 heteroatoms. The van der Waals surface area contributed by atoms with E-state index < -0.39 is 0 Å². The molecule has 1 aliphatic rings. The van der Waals surface area contributed by atoms with Crippen LogP contribution in [0.25, 0.3) is 0 Å². The van der Waals surface area contributed by atoms with E-state index in [-0.39, 0.29) is 5.82 Å². The third-order valence-electron chi connectivity index (χ3n) is 3.85. The number of rotatable bonds is 5. The molecule has 1 heterocycles. The van der Waals surface area contributed by atoms with Crippen LogP contribution in [0, 0.1) is 5.82 Å². The van der Waals surface area contributed by atoms with Gasteiger partial charge in [0.1, 0.15) is 5.82 Å². The van der Waals surface area contributed by atoms with Gasteiger partial charge in [0.15, 0.2) is 0 Å². The maximum Gasteiger partial charge on any atom is 0.123 e. The Morgan fingerprint density at radius 1 is 1.00 bits per heavy atom. The van der Waals surface area contributed by atoms with Crippen LogP contribution in [-0.2, 0) is 17.8 Å². The summed E-state index contributed by atoms with van der Waals surface area (Å²) in [5, 5.41) is 3.32. The number of anilines is 1. The van der Waals surface area contributed by atoms with E-state index in [2.05, 4.69) is 34.5 Å². The number of hydrogen-bond donors (Lipinski definition) is 1. The molecule has 0 unspecified atom stereocenters. The van der Waals surface area contributed by atoms with Crippen LogP contribution >= 0.6 is 0 Å². The third kappa shape index (κ3) is 4.29. The normalized spacial score (nSPS) is 15.7. The van der Waals surface area contributed by atoms with Gasteiger partial charge in [0, 0.05) is 31.9 Å². The molecule has 1 fully saturated rings. The first-order valence-electron chi connectivity index (χ1n) is 7.67. The van der Waals surface area contributed by atoms with Crippen molar-refractivity contribution in [3.63, 3.8) is 0 Å². The molecule has 3 rings (SSSR count). The van der Waals surface area contributed by atoms with Crippen LogP contribution in [0.15, 0.2) is 48.5 Å². The quantitative estimate of drug-likeness (QED) is 0.917. The van der Waals surface area contributed by atoms with Crippen molar-refractivity contribution in [2.24, 2.45) is 0 Å². The largest absolute Gasteiger partial charge is 0.381 e. The van der Waals surface area contributed by atoms with Crippen molar-refractivity contribution in [1.29, 1.82) is 0 Å². The van der Waals surface area contributed by atoms with E-state index in [1.54, 1.807) is 12.1 Å². The first-order valence-corrected chi connectivity index (χ1v) is 7.67. The molecule has 0 aliphatic carbocycles. The number of nitrogens with one attached hydrogen (secondary N) is 1. The van der Waals surface area contributed by atoms with Crippen LogP contribution in [0.4, 0.5) is 10.1 Å². The van der Waals surface area contributed by atoms with Crippen molar-refractivity contribution in [3.05, 3.63) is 65.5 Å². The lowest BCUT2D eigenvalue weighted by Gasteiger charge is -2.26. The van der Waals surface area contributed by atoms with E-state index >= 15 is 0 Å². The maximum absolute atomic E-state index is 13.1. The number of ether oxygens (including phenoxy) is 1. The lowest BCUT2D eigenvalue weighted by atomic mass is 10.1. The molecule has 0 amide bonds. The van der Waals surface area contributed by atoms with Crippen molar-refractivity contribution >= 4 is 5.69 Å². The van der Waals surface area contributed by atoms with Crippen LogP contribution in [0.2, 0.25) is 0 Å². The minimum atomic E-state index is -0.194. The highest BCUT2D eigenvalue weighted by atomic mass is 19.1. The molecular weight excluding hydrogens is 279 g/mol. The van der Waals surface area contributed by atoms with Crippen molar-refractivity contribution < 1.29 is 9.13 Å². The Kier molecular flexibility index (Phi) is 5.03. The molecule has 22 heavy (non-hydrogen) atoms. The van der Waals surface area contributed by atoms with E-state index in [4.69, 9.17) is 4.74 Å². The molecule has 0 spiro atoms. The fraction of sp³-hybridized carbons (Fsp3) is 0.333. The molecular formula is C18H21FN2O. The number of halogens is 1. The van der Waals surface area contributed by atoms with Gasteiger partial charge in [-0.05, 0) is 35.4 Å². The Morgan fingerprint density at radius 2 is 1.77 bits per heavy atom. The Hall–Kier alpha value is -1.91. The Labute approximate surface area is 130 Å². The highest BCUT2D eigenvalue weighted by Crippen LogP contribution is 2.14. The molecule has 0 radical (unpaired) electrons. The van der Waals surface area contributed by atoms with Gasteiger partial charge in [0.25, 0.3) is 0 Å². The lowest BCUT2D eigenvalue weighted by Crippen LogP contribution is -2.35.